The molecule has 0 radical (unpaired) electrons. The van der Waals surface area contributed by atoms with Gasteiger partial charge in [-0.1, -0.05) is 68.3 Å². The fourth-order valence-corrected chi connectivity index (χ4v) is 9.05. The summed E-state index contributed by atoms with van der Waals surface area (Å²) in [5.74, 6) is -7.43. The van der Waals surface area contributed by atoms with E-state index in [1.807, 2.05) is 31.2 Å². The molecule has 2 aliphatic heterocycles. The maximum absolute atomic E-state index is 14.6. The third kappa shape index (κ3) is 18.1. The smallest absolute Gasteiger partial charge is 0.246 e. The molecule has 406 valence electrons. The van der Waals surface area contributed by atoms with E-state index in [4.69, 9.17) is 17.2 Å². The molecule has 75 heavy (non-hydrogen) atoms. The molecule has 3 aromatic rings. The lowest BCUT2D eigenvalue weighted by Crippen LogP contribution is -2.60. The summed E-state index contributed by atoms with van der Waals surface area (Å²) in [5.41, 5.74) is 18.8. The number of benzene rings is 2. The van der Waals surface area contributed by atoms with Crippen molar-refractivity contribution >= 4 is 75.9 Å². The summed E-state index contributed by atoms with van der Waals surface area (Å²) in [6, 6.07) is 7.23. The van der Waals surface area contributed by atoms with Crippen LogP contribution in [-0.2, 0) is 60.8 Å². The summed E-state index contributed by atoms with van der Waals surface area (Å²) >= 11 is 0. The molecule has 24 nitrogen and oxygen atoms in total. The SMILES string of the molecule is CCCC[C@H](NC(C)=O)C(=O)N[C@H]1CC(=O)NCCCC[C@@H](C(N)=O)NC(=O)CNC(=O)[C@H](Cc2c[nH]c3ccccc23)NC(=O)[C@H](CCCN=C(N)N)NC(=O)[C@@H](Cc2ccccc2)NC(=O)[C@@H]2CCCN2C1=O. The summed E-state index contributed by atoms with van der Waals surface area (Å²) in [6.07, 6.45) is 3.81. The molecule has 7 atom stereocenters. The molecule has 2 aliphatic rings. The van der Waals surface area contributed by atoms with Crippen molar-refractivity contribution in [3.05, 3.63) is 71.9 Å². The second-order valence-corrected chi connectivity index (χ2v) is 18.8. The van der Waals surface area contributed by atoms with E-state index >= 15 is 0 Å². The zero-order valence-corrected chi connectivity index (χ0v) is 42.5. The molecule has 1 aromatic heterocycles. The van der Waals surface area contributed by atoms with Crippen molar-refractivity contribution in [2.24, 2.45) is 22.2 Å². The Morgan fingerprint density at radius 1 is 0.760 bits per heavy atom. The molecule has 0 aliphatic carbocycles. The van der Waals surface area contributed by atoms with Crippen molar-refractivity contribution in [1.29, 1.82) is 0 Å². The van der Waals surface area contributed by atoms with Crippen LogP contribution in [0, 0.1) is 0 Å². The van der Waals surface area contributed by atoms with Crippen LogP contribution >= 0.6 is 0 Å². The molecular weight excluding hydrogens is 969 g/mol. The van der Waals surface area contributed by atoms with Gasteiger partial charge in [0.25, 0.3) is 0 Å². The minimum absolute atomic E-state index is 0.0501. The Hall–Kier alpha value is -8.05. The molecule has 0 unspecified atom stereocenters. The highest BCUT2D eigenvalue weighted by molar-refractivity contribution is 5.99. The zero-order chi connectivity index (χ0) is 54.4. The summed E-state index contributed by atoms with van der Waals surface area (Å²) in [4.78, 5) is 146. The number of rotatable bonds is 15. The predicted molar refractivity (Wildman–Crippen MR) is 277 cm³/mol. The fraction of sp³-hybridized carbons (Fsp3) is 0.510. The van der Waals surface area contributed by atoms with Gasteiger partial charge >= 0.3 is 0 Å². The average molecular weight is 1040 g/mol. The number of nitrogens with zero attached hydrogens (tertiary/aromatic N) is 2. The van der Waals surface area contributed by atoms with Crippen LogP contribution in [0.15, 0.2) is 65.8 Å². The number of nitrogens with one attached hydrogen (secondary N) is 9. The van der Waals surface area contributed by atoms with Crippen LogP contribution in [0.1, 0.15) is 95.6 Å². The molecule has 5 rings (SSSR count). The topological polar surface area (TPSA) is 376 Å². The summed E-state index contributed by atoms with van der Waals surface area (Å²) < 4.78 is 0. The molecule has 0 spiro atoms. The van der Waals surface area contributed by atoms with Gasteiger partial charge in [-0.2, -0.15) is 0 Å². The van der Waals surface area contributed by atoms with Crippen LogP contribution in [0.3, 0.4) is 0 Å². The lowest BCUT2D eigenvalue weighted by molar-refractivity contribution is -0.143. The number of aromatic amines is 1. The second kappa shape index (κ2) is 29.0. The second-order valence-electron chi connectivity index (χ2n) is 18.8. The van der Waals surface area contributed by atoms with Gasteiger partial charge in [-0.3, -0.25) is 52.9 Å². The first-order chi connectivity index (χ1) is 35.9. The van der Waals surface area contributed by atoms with Crippen molar-refractivity contribution in [1.82, 2.24) is 52.4 Å². The molecule has 2 aromatic carbocycles. The van der Waals surface area contributed by atoms with E-state index in [1.54, 1.807) is 36.5 Å². The maximum atomic E-state index is 14.6. The van der Waals surface area contributed by atoms with E-state index in [1.165, 1.54) is 11.8 Å². The quantitative estimate of drug-likeness (QED) is 0.0466. The number of hydrogen-bond donors (Lipinski definition) is 12. The van der Waals surface area contributed by atoms with Gasteiger partial charge in [0.05, 0.1) is 13.0 Å². The third-order valence-corrected chi connectivity index (χ3v) is 13.0. The highest BCUT2D eigenvalue weighted by Gasteiger charge is 2.41. The van der Waals surface area contributed by atoms with Crippen LogP contribution in [0.4, 0.5) is 0 Å². The lowest BCUT2D eigenvalue weighted by Gasteiger charge is -2.31. The highest BCUT2D eigenvalue weighted by Crippen LogP contribution is 2.22. The Kier molecular flexibility index (Phi) is 22.4. The number of fused-ring (bicyclic) bond motifs is 2. The van der Waals surface area contributed by atoms with E-state index < -0.39 is 114 Å². The molecule has 3 heterocycles. The number of unbranched alkanes of at least 4 members (excludes halogenated alkanes) is 1. The number of H-pyrrole nitrogens is 1. The molecule has 10 amide bonds. The fourth-order valence-electron chi connectivity index (χ4n) is 9.05. The molecule has 0 bridgehead atoms. The van der Waals surface area contributed by atoms with E-state index in [-0.39, 0.29) is 77.0 Å². The minimum Gasteiger partial charge on any atom is -0.370 e. The number of aliphatic imine (C=N–C) groups is 1. The molecule has 24 heteroatoms. The Balaban J connectivity index is 1.51. The van der Waals surface area contributed by atoms with Gasteiger partial charge in [-0.15, -0.1) is 0 Å². The number of amides is 10. The van der Waals surface area contributed by atoms with E-state index in [2.05, 4.69) is 52.5 Å². The van der Waals surface area contributed by atoms with E-state index in [0.29, 0.717) is 36.8 Å². The molecular formula is C51H72N14O10. The van der Waals surface area contributed by atoms with E-state index in [0.717, 1.165) is 10.9 Å². The van der Waals surface area contributed by atoms with Crippen LogP contribution in [0.2, 0.25) is 0 Å². The Morgan fingerprint density at radius 2 is 1.45 bits per heavy atom. The van der Waals surface area contributed by atoms with Gasteiger partial charge in [0.1, 0.15) is 42.3 Å². The standard InChI is InChI=1S/C51H72N14O10/c1-3-4-17-36(59-30(2)66)46(71)64-40-27-42(67)55-22-11-10-19-35(44(52)69)60-43(68)29-58-45(70)39(26-32-28-57-34-18-9-8-16-33(32)34)62-47(72)37(20-12-23-56-51(53)54)61-48(73)38(25-31-14-6-5-7-15-31)63-49(74)41-21-13-24-65(41)50(40)75/h5-9,14-16,18,28,35-41,57H,3-4,10-13,17,19-27,29H2,1-2H3,(H2,52,69)(H,55,67)(H,58,70)(H,59,66)(H,60,68)(H,61,73)(H,62,72)(H,63,74)(H,64,71)(H4,53,54,56)/t35-,36-,37-,38+,39-,40-,41-/m0/s1. The van der Waals surface area contributed by atoms with Gasteiger partial charge < -0.3 is 69.6 Å². The molecule has 2 saturated heterocycles. The highest BCUT2D eigenvalue weighted by atomic mass is 16.2. The van der Waals surface area contributed by atoms with Crippen molar-refractivity contribution in [2.45, 2.75) is 140 Å². The van der Waals surface area contributed by atoms with Crippen molar-refractivity contribution in [3.63, 3.8) is 0 Å². The summed E-state index contributed by atoms with van der Waals surface area (Å²) in [5, 5.41) is 22.2. The van der Waals surface area contributed by atoms with Crippen LogP contribution < -0.4 is 59.7 Å². The number of aromatic nitrogens is 1. The van der Waals surface area contributed by atoms with Crippen molar-refractivity contribution in [2.75, 3.05) is 26.2 Å². The number of nitrogens with two attached hydrogens (primary N) is 3. The molecule has 2 fully saturated rings. The largest absolute Gasteiger partial charge is 0.370 e. The van der Waals surface area contributed by atoms with Gasteiger partial charge in [-0.05, 0) is 68.6 Å². The number of carbonyl (C=O) groups is 10. The number of primary amides is 1. The van der Waals surface area contributed by atoms with Gasteiger partial charge in [-0.25, -0.2) is 0 Å². The molecule has 0 saturated carbocycles. The Labute approximate surface area is 435 Å². The summed E-state index contributed by atoms with van der Waals surface area (Å²) in [7, 11) is 0. The third-order valence-electron chi connectivity index (χ3n) is 13.0. The monoisotopic (exact) mass is 1040 g/mol. The van der Waals surface area contributed by atoms with Gasteiger partial charge in [0, 0.05) is 56.5 Å². The van der Waals surface area contributed by atoms with Crippen molar-refractivity contribution in [3.8, 4) is 0 Å². The van der Waals surface area contributed by atoms with Gasteiger partial charge in [0.15, 0.2) is 5.96 Å². The van der Waals surface area contributed by atoms with Crippen LogP contribution in [0.25, 0.3) is 10.9 Å². The summed E-state index contributed by atoms with van der Waals surface area (Å²) in [6.45, 7) is 2.74. The average Bonchev–Trinajstić information content (AvgIpc) is 4.04. The number of guanidine groups is 1. The zero-order valence-electron chi connectivity index (χ0n) is 42.5. The first kappa shape index (κ1) is 57.8. The lowest BCUT2D eigenvalue weighted by atomic mass is 10.0. The van der Waals surface area contributed by atoms with Crippen LogP contribution in [0.5, 0.6) is 0 Å². The Morgan fingerprint density at radius 3 is 2.17 bits per heavy atom. The van der Waals surface area contributed by atoms with Crippen LogP contribution in [-0.4, -0.2) is 143 Å². The van der Waals surface area contributed by atoms with Gasteiger partial charge in [0.2, 0.25) is 59.1 Å². The number of hydrogen-bond acceptors (Lipinski definition) is 11. The number of para-hydroxylation sites is 1. The van der Waals surface area contributed by atoms with Crippen molar-refractivity contribution < 1.29 is 47.9 Å². The molecule has 15 N–H and O–H groups in total. The first-order valence-electron chi connectivity index (χ1n) is 25.5. The maximum Gasteiger partial charge on any atom is 0.246 e. The normalized spacial score (nSPS) is 22.5. The Bertz CT molecular complexity index is 2530. The number of carbonyl (C=O) groups excluding carboxylic acids is 10. The first-order valence-corrected chi connectivity index (χ1v) is 25.5. The predicted octanol–water partition coefficient (Wildman–Crippen LogP) is -1.59. The minimum atomic E-state index is -1.49. The van der Waals surface area contributed by atoms with E-state index in [9.17, 15) is 47.9 Å².